The molecule has 0 saturated heterocycles. The van der Waals surface area contributed by atoms with Gasteiger partial charge in [-0.3, -0.25) is 4.79 Å². The van der Waals surface area contributed by atoms with Crippen molar-refractivity contribution < 1.29 is 14.3 Å². The van der Waals surface area contributed by atoms with Crippen LogP contribution in [0.4, 0.5) is 5.69 Å². The van der Waals surface area contributed by atoms with Gasteiger partial charge in [-0.05, 0) is 45.7 Å². The fraction of sp³-hybridized carbons (Fsp3) is 0.619. The Morgan fingerprint density at radius 2 is 2.00 bits per heavy atom. The van der Waals surface area contributed by atoms with Crippen molar-refractivity contribution in [1.29, 1.82) is 5.26 Å². The Kier molecular flexibility index (Phi) is 9.15. The van der Waals surface area contributed by atoms with Gasteiger partial charge in [0.05, 0.1) is 17.4 Å². The average Bonchev–Trinajstić information content (AvgIpc) is 2.60. The molecule has 0 aliphatic heterocycles. The van der Waals surface area contributed by atoms with Crippen LogP contribution in [0.3, 0.4) is 0 Å². The first-order valence-electron chi connectivity index (χ1n) is 9.52. The molecule has 5 heteroatoms. The highest BCUT2D eigenvalue weighted by atomic mass is 16.5. The predicted octanol–water partition coefficient (Wildman–Crippen LogP) is 5.05. The number of unbranched alkanes of at least 4 members (excludes halogenated alkanes) is 2. The van der Waals surface area contributed by atoms with E-state index in [0.29, 0.717) is 30.0 Å². The summed E-state index contributed by atoms with van der Waals surface area (Å²) >= 11 is 0. The number of hydrogen-bond donors (Lipinski definition) is 1. The largest absolute Gasteiger partial charge is 0.491 e. The van der Waals surface area contributed by atoms with E-state index in [-0.39, 0.29) is 12.0 Å². The van der Waals surface area contributed by atoms with Crippen LogP contribution in [0, 0.1) is 11.3 Å². The molecule has 1 rings (SSSR count). The number of amides is 1. The van der Waals surface area contributed by atoms with Crippen molar-refractivity contribution in [2.24, 2.45) is 0 Å². The summed E-state index contributed by atoms with van der Waals surface area (Å²) < 4.78 is 11.5. The van der Waals surface area contributed by atoms with Gasteiger partial charge in [0, 0.05) is 12.7 Å². The van der Waals surface area contributed by atoms with Gasteiger partial charge in [0.25, 0.3) is 5.91 Å². The molecule has 0 saturated carbocycles. The molecule has 26 heavy (non-hydrogen) atoms. The zero-order valence-corrected chi connectivity index (χ0v) is 16.7. The Morgan fingerprint density at radius 1 is 1.27 bits per heavy atom. The number of benzene rings is 1. The fourth-order valence-electron chi connectivity index (χ4n) is 2.62. The van der Waals surface area contributed by atoms with Crippen LogP contribution in [-0.2, 0) is 9.53 Å². The quantitative estimate of drug-likeness (QED) is 0.561. The molecule has 1 atom stereocenters. The SMILES string of the molecule is CCCCCC(C)(OCCC)C(=O)Nc1ccc(OC(C)C)cc1C#N. The molecule has 1 aromatic carbocycles. The van der Waals surface area contributed by atoms with Crippen LogP contribution in [0.1, 0.15) is 72.3 Å². The maximum Gasteiger partial charge on any atom is 0.256 e. The topological polar surface area (TPSA) is 71.3 Å². The zero-order valence-electron chi connectivity index (χ0n) is 16.7. The van der Waals surface area contributed by atoms with Gasteiger partial charge < -0.3 is 14.8 Å². The molecule has 0 aromatic heterocycles. The van der Waals surface area contributed by atoms with Gasteiger partial charge in [0.1, 0.15) is 17.4 Å². The van der Waals surface area contributed by atoms with Crippen molar-refractivity contribution in [3.8, 4) is 11.8 Å². The van der Waals surface area contributed by atoms with E-state index in [1.807, 2.05) is 27.7 Å². The molecule has 1 N–H and O–H groups in total. The first-order valence-corrected chi connectivity index (χ1v) is 9.52. The fourth-order valence-corrected chi connectivity index (χ4v) is 2.62. The normalized spacial score (nSPS) is 13.1. The number of nitriles is 1. The monoisotopic (exact) mass is 360 g/mol. The van der Waals surface area contributed by atoms with Crippen molar-refractivity contribution >= 4 is 11.6 Å². The molecule has 144 valence electrons. The lowest BCUT2D eigenvalue weighted by Gasteiger charge is -2.29. The summed E-state index contributed by atoms with van der Waals surface area (Å²) in [7, 11) is 0. The van der Waals surface area contributed by atoms with Crippen molar-refractivity contribution in [2.75, 3.05) is 11.9 Å². The molecule has 1 amide bonds. The van der Waals surface area contributed by atoms with Crippen LogP contribution < -0.4 is 10.1 Å². The molecule has 0 spiro atoms. The van der Waals surface area contributed by atoms with E-state index in [9.17, 15) is 10.1 Å². The van der Waals surface area contributed by atoms with E-state index in [1.165, 1.54) is 0 Å². The molecule has 1 unspecified atom stereocenters. The minimum atomic E-state index is -0.898. The highest BCUT2D eigenvalue weighted by Crippen LogP contribution is 2.26. The van der Waals surface area contributed by atoms with Gasteiger partial charge in [-0.2, -0.15) is 5.26 Å². The minimum Gasteiger partial charge on any atom is -0.491 e. The summed E-state index contributed by atoms with van der Waals surface area (Å²) in [5.74, 6) is 0.401. The predicted molar refractivity (Wildman–Crippen MR) is 104 cm³/mol. The van der Waals surface area contributed by atoms with Crippen molar-refractivity contribution in [1.82, 2.24) is 0 Å². The Hall–Kier alpha value is -2.06. The number of rotatable bonds is 11. The third kappa shape index (κ3) is 6.68. The summed E-state index contributed by atoms with van der Waals surface area (Å²) in [5.41, 5.74) is -0.0383. The highest BCUT2D eigenvalue weighted by Gasteiger charge is 2.34. The van der Waals surface area contributed by atoms with Gasteiger partial charge >= 0.3 is 0 Å². The van der Waals surface area contributed by atoms with Crippen LogP contribution in [0.15, 0.2) is 18.2 Å². The van der Waals surface area contributed by atoms with Crippen LogP contribution in [0.5, 0.6) is 5.75 Å². The van der Waals surface area contributed by atoms with E-state index in [2.05, 4.69) is 18.3 Å². The molecular weight excluding hydrogens is 328 g/mol. The van der Waals surface area contributed by atoms with Gasteiger partial charge in [0.15, 0.2) is 0 Å². The number of hydrogen-bond acceptors (Lipinski definition) is 4. The lowest BCUT2D eigenvalue weighted by atomic mass is 9.96. The standard InChI is InChI=1S/C21H32N2O3/c1-6-8-9-12-21(5,25-13-7-2)20(24)23-19-11-10-18(26-16(3)4)14-17(19)15-22/h10-11,14,16H,6-9,12-13H2,1-5H3,(H,23,24). The molecule has 0 radical (unpaired) electrons. The van der Waals surface area contributed by atoms with E-state index in [4.69, 9.17) is 9.47 Å². The molecule has 0 aliphatic rings. The second-order valence-electron chi connectivity index (χ2n) is 6.98. The minimum absolute atomic E-state index is 0.0197. The third-order valence-corrected chi connectivity index (χ3v) is 4.09. The number of nitrogens with one attached hydrogen (secondary N) is 1. The Labute approximate surface area is 157 Å². The van der Waals surface area contributed by atoms with Crippen molar-refractivity contribution in [3.63, 3.8) is 0 Å². The summed E-state index contributed by atoms with van der Waals surface area (Å²) in [6.07, 6.45) is 4.59. The van der Waals surface area contributed by atoms with Crippen LogP contribution in [-0.4, -0.2) is 24.2 Å². The molecule has 0 aliphatic carbocycles. The van der Waals surface area contributed by atoms with Crippen LogP contribution in [0.2, 0.25) is 0 Å². The van der Waals surface area contributed by atoms with Gasteiger partial charge in [0.2, 0.25) is 0 Å². The van der Waals surface area contributed by atoms with Crippen molar-refractivity contribution in [3.05, 3.63) is 23.8 Å². The molecule has 1 aromatic rings. The highest BCUT2D eigenvalue weighted by molar-refractivity contribution is 5.98. The van der Waals surface area contributed by atoms with E-state index < -0.39 is 5.60 Å². The maximum atomic E-state index is 12.9. The number of carbonyl (C=O) groups is 1. The smallest absolute Gasteiger partial charge is 0.256 e. The molecule has 5 nitrogen and oxygen atoms in total. The van der Waals surface area contributed by atoms with E-state index in [1.54, 1.807) is 18.2 Å². The average molecular weight is 360 g/mol. The second-order valence-corrected chi connectivity index (χ2v) is 6.98. The lowest BCUT2D eigenvalue weighted by molar-refractivity contribution is -0.140. The first-order chi connectivity index (χ1) is 12.4. The van der Waals surface area contributed by atoms with Crippen LogP contribution in [0.25, 0.3) is 0 Å². The lowest BCUT2D eigenvalue weighted by Crippen LogP contribution is -2.43. The molecule has 0 bridgehead atoms. The summed E-state index contributed by atoms with van der Waals surface area (Å²) in [6.45, 7) is 10.4. The Bertz CT molecular complexity index is 622. The number of ether oxygens (including phenoxy) is 2. The summed E-state index contributed by atoms with van der Waals surface area (Å²) in [5, 5.41) is 12.3. The van der Waals surface area contributed by atoms with E-state index in [0.717, 1.165) is 25.7 Å². The zero-order chi connectivity index (χ0) is 19.6. The van der Waals surface area contributed by atoms with E-state index >= 15 is 0 Å². The number of nitrogens with zero attached hydrogens (tertiary/aromatic N) is 1. The number of anilines is 1. The first kappa shape index (κ1) is 22.0. The molecule has 0 fully saturated rings. The summed E-state index contributed by atoms with van der Waals surface area (Å²) in [4.78, 5) is 12.9. The van der Waals surface area contributed by atoms with Gasteiger partial charge in [-0.15, -0.1) is 0 Å². The van der Waals surface area contributed by atoms with Gasteiger partial charge in [-0.1, -0.05) is 33.1 Å². The van der Waals surface area contributed by atoms with Crippen molar-refractivity contribution in [2.45, 2.75) is 78.4 Å². The molecule has 0 heterocycles. The maximum absolute atomic E-state index is 12.9. The van der Waals surface area contributed by atoms with Crippen LogP contribution >= 0.6 is 0 Å². The van der Waals surface area contributed by atoms with Gasteiger partial charge in [-0.25, -0.2) is 0 Å². The second kappa shape index (κ2) is 10.8. The number of carbonyl (C=O) groups excluding carboxylic acids is 1. The Balaban J connectivity index is 2.95. The third-order valence-electron chi connectivity index (χ3n) is 4.09. The molecular formula is C21H32N2O3. The summed E-state index contributed by atoms with van der Waals surface area (Å²) in [6, 6.07) is 7.25. The Morgan fingerprint density at radius 3 is 2.58 bits per heavy atom.